The summed E-state index contributed by atoms with van der Waals surface area (Å²) in [6, 6.07) is 5.68. The van der Waals surface area contributed by atoms with E-state index in [2.05, 4.69) is 12.2 Å². The SMILES string of the molecule is CC1CCC(O)(CNc2ccc(N)c(OC(C)C)c2)CC1. The fourth-order valence-electron chi connectivity index (χ4n) is 2.74. The predicted octanol–water partition coefficient (Wildman–Crippen LogP) is 3.41. The maximum atomic E-state index is 10.6. The van der Waals surface area contributed by atoms with Crippen LogP contribution >= 0.6 is 0 Å². The van der Waals surface area contributed by atoms with Crippen molar-refractivity contribution in [1.29, 1.82) is 0 Å². The molecule has 1 aromatic carbocycles. The Balaban J connectivity index is 1.97. The first kappa shape index (κ1) is 16.0. The molecule has 1 aliphatic rings. The van der Waals surface area contributed by atoms with Crippen LogP contribution in [0.5, 0.6) is 5.75 Å². The molecule has 0 spiro atoms. The molecule has 0 aromatic heterocycles. The van der Waals surface area contributed by atoms with Gasteiger partial charge in [0.05, 0.1) is 17.4 Å². The molecule has 1 fully saturated rings. The molecule has 1 aromatic rings. The van der Waals surface area contributed by atoms with E-state index in [4.69, 9.17) is 10.5 Å². The minimum absolute atomic E-state index is 0.0894. The van der Waals surface area contributed by atoms with Gasteiger partial charge in [0, 0.05) is 18.3 Å². The van der Waals surface area contributed by atoms with Crippen molar-refractivity contribution in [3.8, 4) is 5.75 Å². The highest BCUT2D eigenvalue weighted by atomic mass is 16.5. The van der Waals surface area contributed by atoms with Crippen LogP contribution in [0.15, 0.2) is 18.2 Å². The third kappa shape index (κ3) is 4.53. The average molecular weight is 292 g/mol. The van der Waals surface area contributed by atoms with Gasteiger partial charge in [0.2, 0.25) is 0 Å². The summed E-state index contributed by atoms with van der Waals surface area (Å²) < 4.78 is 5.69. The van der Waals surface area contributed by atoms with Gasteiger partial charge in [0.25, 0.3) is 0 Å². The fraction of sp³-hybridized carbons (Fsp3) is 0.647. The maximum absolute atomic E-state index is 10.6. The molecule has 4 heteroatoms. The Morgan fingerprint density at radius 2 is 2.05 bits per heavy atom. The molecule has 118 valence electrons. The van der Waals surface area contributed by atoms with Gasteiger partial charge in [-0.1, -0.05) is 6.92 Å². The lowest BCUT2D eigenvalue weighted by Gasteiger charge is -2.35. The van der Waals surface area contributed by atoms with Crippen LogP contribution in [0.3, 0.4) is 0 Å². The Morgan fingerprint density at radius 1 is 1.38 bits per heavy atom. The van der Waals surface area contributed by atoms with Gasteiger partial charge in [-0.05, 0) is 57.6 Å². The van der Waals surface area contributed by atoms with Crippen molar-refractivity contribution in [3.05, 3.63) is 18.2 Å². The summed E-state index contributed by atoms with van der Waals surface area (Å²) in [5, 5.41) is 13.9. The minimum Gasteiger partial charge on any atom is -0.489 e. The monoisotopic (exact) mass is 292 g/mol. The fourth-order valence-corrected chi connectivity index (χ4v) is 2.74. The van der Waals surface area contributed by atoms with E-state index >= 15 is 0 Å². The number of anilines is 2. The molecule has 0 bridgehead atoms. The van der Waals surface area contributed by atoms with E-state index in [0.29, 0.717) is 18.0 Å². The lowest BCUT2D eigenvalue weighted by atomic mass is 9.79. The topological polar surface area (TPSA) is 67.5 Å². The largest absolute Gasteiger partial charge is 0.489 e. The van der Waals surface area contributed by atoms with Gasteiger partial charge < -0.3 is 20.9 Å². The van der Waals surface area contributed by atoms with Crippen LogP contribution in [-0.4, -0.2) is 23.4 Å². The van der Waals surface area contributed by atoms with Crippen molar-refractivity contribution in [1.82, 2.24) is 0 Å². The first-order chi connectivity index (χ1) is 9.88. The molecule has 4 N–H and O–H groups in total. The van der Waals surface area contributed by atoms with Crippen molar-refractivity contribution < 1.29 is 9.84 Å². The Kier molecular flexibility index (Phi) is 4.99. The number of nitrogens with one attached hydrogen (secondary N) is 1. The second-order valence-corrected chi connectivity index (χ2v) is 6.68. The van der Waals surface area contributed by atoms with Crippen LogP contribution in [0.4, 0.5) is 11.4 Å². The van der Waals surface area contributed by atoms with Crippen LogP contribution in [0, 0.1) is 5.92 Å². The smallest absolute Gasteiger partial charge is 0.144 e. The molecule has 0 saturated heterocycles. The Hall–Kier alpha value is -1.42. The lowest BCUT2D eigenvalue weighted by Crippen LogP contribution is -2.40. The maximum Gasteiger partial charge on any atom is 0.144 e. The number of hydrogen-bond acceptors (Lipinski definition) is 4. The molecule has 0 unspecified atom stereocenters. The quantitative estimate of drug-likeness (QED) is 0.728. The normalized spacial score (nSPS) is 25.9. The molecule has 0 radical (unpaired) electrons. The minimum atomic E-state index is -0.590. The Labute approximate surface area is 127 Å². The zero-order valence-corrected chi connectivity index (χ0v) is 13.4. The van der Waals surface area contributed by atoms with Crippen molar-refractivity contribution in [3.63, 3.8) is 0 Å². The molecule has 4 nitrogen and oxygen atoms in total. The summed E-state index contributed by atoms with van der Waals surface area (Å²) in [7, 11) is 0. The van der Waals surface area contributed by atoms with Crippen LogP contribution in [-0.2, 0) is 0 Å². The van der Waals surface area contributed by atoms with E-state index in [1.165, 1.54) is 0 Å². The van der Waals surface area contributed by atoms with E-state index in [1.807, 2.05) is 32.0 Å². The summed E-state index contributed by atoms with van der Waals surface area (Å²) in [4.78, 5) is 0. The molecular weight excluding hydrogens is 264 g/mol. The van der Waals surface area contributed by atoms with Crippen molar-refractivity contribution in [2.24, 2.45) is 5.92 Å². The second-order valence-electron chi connectivity index (χ2n) is 6.68. The first-order valence-corrected chi connectivity index (χ1v) is 7.90. The molecule has 1 aliphatic carbocycles. The molecule has 0 atom stereocenters. The van der Waals surface area contributed by atoms with Crippen molar-refractivity contribution in [2.75, 3.05) is 17.6 Å². The number of benzene rings is 1. The van der Waals surface area contributed by atoms with E-state index in [9.17, 15) is 5.11 Å². The molecule has 0 amide bonds. The number of aliphatic hydroxyl groups is 1. The Morgan fingerprint density at radius 3 is 2.67 bits per heavy atom. The third-order valence-corrected chi connectivity index (χ3v) is 4.20. The van der Waals surface area contributed by atoms with Gasteiger partial charge in [0.1, 0.15) is 5.75 Å². The van der Waals surface area contributed by atoms with Gasteiger partial charge in [-0.3, -0.25) is 0 Å². The molecule has 0 aliphatic heterocycles. The molecular formula is C17H28N2O2. The summed E-state index contributed by atoms with van der Waals surface area (Å²) in [6.45, 7) is 6.78. The van der Waals surface area contributed by atoms with Crippen molar-refractivity contribution in [2.45, 2.75) is 58.2 Å². The standard InChI is InChI=1S/C17H28N2O2/c1-12(2)21-16-10-14(4-5-15(16)18)19-11-17(20)8-6-13(3)7-9-17/h4-5,10,12-13,19-20H,6-9,11,18H2,1-3H3. The number of ether oxygens (including phenoxy) is 1. The summed E-state index contributed by atoms with van der Waals surface area (Å²) in [5.41, 5.74) is 6.90. The molecule has 2 rings (SSSR count). The lowest BCUT2D eigenvalue weighted by molar-refractivity contribution is 0.00500. The van der Waals surface area contributed by atoms with E-state index in [0.717, 1.165) is 37.3 Å². The number of hydrogen-bond donors (Lipinski definition) is 3. The second kappa shape index (κ2) is 6.56. The first-order valence-electron chi connectivity index (χ1n) is 7.90. The van der Waals surface area contributed by atoms with Gasteiger partial charge in [-0.15, -0.1) is 0 Å². The highest BCUT2D eigenvalue weighted by Gasteiger charge is 2.31. The number of rotatable bonds is 5. The van der Waals surface area contributed by atoms with E-state index in [-0.39, 0.29) is 6.10 Å². The summed E-state index contributed by atoms with van der Waals surface area (Å²) in [5.74, 6) is 1.42. The van der Waals surface area contributed by atoms with Gasteiger partial charge in [0.15, 0.2) is 0 Å². The zero-order valence-electron chi connectivity index (χ0n) is 13.4. The highest BCUT2D eigenvalue weighted by molar-refractivity contribution is 5.61. The van der Waals surface area contributed by atoms with E-state index < -0.39 is 5.60 Å². The highest BCUT2D eigenvalue weighted by Crippen LogP contribution is 2.33. The predicted molar refractivity (Wildman–Crippen MR) is 87.7 cm³/mol. The molecule has 0 heterocycles. The van der Waals surface area contributed by atoms with Crippen LogP contribution in [0.1, 0.15) is 46.5 Å². The molecule has 1 saturated carbocycles. The van der Waals surface area contributed by atoms with Gasteiger partial charge in [-0.25, -0.2) is 0 Å². The molecule has 21 heavy (non-hydrogen) atoms. The third-order valence-electron chi connectivity index (χ3n) is 4.20. The summed E-state index contributed by atoms with van der Waals surface area (Å²) in [6.07, 6.45) is 4.02. The number of nitrogen functional groups attached to an aromatic ring is 1. The van der Waals surface area contributed by atoms with Crippen molar-refractivity contribution >= 4 is 11.4 Å². The average Bonchev–Trinajstić information content (AvgIpc) is 2.43. The van der Waals surface area contributed by atoms with E-state index in [1.54, 1.807) is 0 Å². The summed E-state index contributed by atoms with van der Waals surface area (Å²) >= 11 is 0. The van der Waals surface area contributed by atoms with Crippen LogP contribution in [0.25, 0.3) is 0 Å². The number of nitrogens with two attached hydrogens (primary N) is 1. The Bertz CT molecular complexity index is 466. The van der Waals surface area contributed by atoms with Crippen LogP contribution in [0.2, 0.25) is 0 Å². The van der Waals surface area contributed by atoms with Gasteiger partial charge >= 0.3 is 0 Å². The van der Waals surface area contributed by atoms with Gasteiger partial charge in [-0.2, -0.15) is 0 Å². The zero-order chi connectivity index (χ0) is 15.5. The van der Waals surface area contributed by atoms with Crippen LogP contribution < -0.4 is 15.8 Å².